The molecule has 0 aromatic heterocycles. The first-order chi connectivity index (χ1) is 16.1. The van der Waals surface area contributed by atoms with Crippen molar-refractivity contribution in [1.29, 1.82) is 0 Å². The van der Waals surface area contributed by atoms with Crippen molar-refractivity contribution in [3.63, 3.8) is 0 Å². The summed E-state index contributed by atoms with van der Waals surface area (Å²) in [6.07, 6.45) is -0.297. The molecule has 1 saturated heterocycles. The van der Waals surface area contributed by atoms with Crippen LogP contribution in [0.5, 0.6) is 5.75 Å². The molecular weight excluding hydrogens is 456 g/mol. The van der Waals surface area contributed by atoms with E-state index in [1.165, 1.54) is 0 Å². The van der Waals surface area contributed by atoms with Crippen molar-refractivity contribution in [1.82, 2.24) is 9.80 Å². The minimum Gasteiger partial charge on any atom is -0.492 e. The monoisotopic (exact) mass is 488 g/mol. The predicted molar refractivity (Wildman–Crippen MR) is 131 cm³/mol. The van der Waals surface area contributed by atoms with Crippen LogP contribution in [0, 0.1) is 6.92 Å². The minimum absolute atomic E-state index is 0.200. The number of carbonyl (C=O) groups is 2. The number of rotatable bonds is 6. The van der Waals surface area contributed by atoms with E-state index in [1.54, 1.807) is 9.80 Å². The van der Waals surface area contributed by atoms with Gasteiger partial charge in [0.05, 0.1) is 17.7 Å². The number of benzene rings is 2. The number of piperazine rings is 1. The van der Waals surface area contributed by atoms with E-state index in [9.17, 15) is 9.59 Å². The van der Waals surface area contributed by atoms with Crippen LogP contribution < -0.4 is 4.74 Å². The first-order valence-electron chi connectivity index (χ1n) is 11.5. The lowest BCUT2D eigenvalue weighted by Gasteiger charge is -2.41. The van der Waals surface area contributed by atoms with Crippen molar-refractivity contribution >= 4 is 23.8 Å². The van der Waals surface area contributed by atoms with E-state index in [-0.39, 0.29) is 12.6 Å². The highest BCUT2D eigenvalue weighted by atomic mass is 35.5. The fourth-order valence-electron chi connectivity index (χ4n) is 3.67. The minimum atomic E-state index is -0.612. The van der Waals surface area contributed by atoms with Crippen LogP contribution in [0.1, 0.15) is 38.3 Å². The lowest BCUT2D eigenvalue weighted by atomic mass is 10.1. The lowest BCUT2D eigenvalue weighted by Crippen LogP contribution is -2.57. The van der Waals surface area contributed by atoms with Gasteiger partial charge in [0, 0.05) is 26.1 Å². The second-order valence-electron chi connectivity index (χ2n) is 9.38. The molecular formula is C26H33ClN2O5. The van der Waals surface area contributed by atoms with Gasteiger partial charge in [-0.15, -0.1) is 0 Å². The molecule has 2 amide bonds. The first kappa shape index (κ1) is 25.7. The molecule has 3 rings (SSSR count). The van der Waals surface area contributed by atoms with Gasteiger partial charge in [-0.05, 0) is 51.0 Å². The van der Waals surface area contributed by atoms with E-state index in [0.717, 1.165) is 11.1 Å². The number of amides is 2. The van der Waals surface area contributed by atoms with Crippen LogP contribution >= 0.6 is 11.6 Å². The van der Waals surface area contributed by atoms with E-state index in [4.69, 9.17) is 25.8 Å². The Morgan fingerprint density at radius 1 is 1.06 bits per heavy atom. The van der Waals surface area contributed by atoms with Gasteiger partial charge >= 0.3 is 12.2 Å². The zero-order valence-corrected chi connectivity index (χ0v) is 21.0. The van der Waals surface area contributed by atoms with Gasteiger partial charge < -0.3 is 24.0 Å². The number of carbonyl (C=O) groups excluding carboxylic acids is 2. The fourth-order valence-corrected chi connectivity index (χ4v) is 3.96. The number of nitrogens with zero attached hydrogens (tertiary/aromatic N) is 2. The normalized spacial score (nSPS) is 16.2. The Kier molecular flexibility index (Phi) is 8.67. The lowest BCUT2D eigenvalue weighted by molar-refractivity contribution is -0.00614. The van der Waals surface area contributed by atoms with Crippen LogP contribution in [0.2, 0.25) is 5.02 Å². The Bertz CT molecular complexity index is 977. The number of ether oxygens (including phenoxy) is 3. The standard InChI is InChI=1S/C26H33ClN2O5/c1-19-10-11-23(22(27)16-19)32-15-12-21-17-28(13-14-29(21)25(31)34-26(2,3)4)24(30)33-18-20-8-6-5-7-9-20/h5-11,16,21H,12-15,17-18H2,1-4H3/t21-/m1/s1. The molecule has 0 unspecified atom stereocenters. The summed E-state index contributed by atoms with van der Waals surface area (Å²) >= 11 is 6.27. The van der Waals surface area contributed by atoms with Crippen molar-refractivity contribution in [3.8, 4) is 5.75 Å². The summed E-state index contributed by atoms with van der Waals surface area (Å²) in [6.45, 7) is 9.04. The second kappa shape index (κ2) is 11.5. The van der Waals surface area contributed by atoms with Gasteiger partial charge in [-0.1, -0.05) is 48.0 Å². The molecule has 0 spiro atoms. The molecule has 34 heavy (non-hydrogen) atoms. The van der Waals surface area contributed by atoms with Crippen LogP contribution in [-0.2, 0) is 16.1 Å². The molecule has 2 aromatic carbocycles. The topological polar surface area (TPSA) is 68.3 Å². The average molecular weight is 489 g/mol. The highest BCUT2D eigenvalue weighted by Gasteiger charge is 2.35. The van der Waals surface area contributed by atoms with E-state index >= 15 is 0 Å². The van der Waals surface area contributed by atoms with Crippen LogP contribution in [0.15, 0.2) is 48.5 Å². The smallest absolute Gasteiger partial charge is 0.410 e. The third kappa shape index (κ3) is 7.55. The van der Waals surface area contributed by atoms with E-state index in [0.29, 0.717) is 43.4 Å². The molecule has 2 aromatic rings. The summed E-state index contributed by atoms with van der Waals surface area (Å²) in [4.78, 5) is 28.9. The summed E-state index contributed by atoms with van der Waals surface area (Å²) in [7, 11) is 0. The van der Waals surface area contributed by atoms with Gasteiger partial charge in [-0.25, -0.2) is 9.59 Å². The first-order valence-corrected chi connectivity index (χ1v) is 11.8. The predicted octanol–water partition coefficient (Wildman–Crippen LogP) is 5.68. The molecule has 0 N–H and O–H groups in total. The third-order valence-electron chi connectivity index (χ3n) is 5.37. The Balaban J connectivity index is 1.63. The zero-order chi connectivity index (χ0) is 24.7. The quantitative estimate of drug-likeness (QED) is 0.523. The largest absolute Gasteiger partial charge is 0.492 e. The summed E-state index contributed by atoms with van der Waals surface area (Å²) < 4.78 is 17.0. The van der Waals surface area contributed by atoms with Gasteiger partial charge in [0.2, 0.25) is 0 Å². The summed E-state index contributed by atoms with van der Waals surface area (Å²) in [6, 6.07) is 14.9. The molecule has 1 aliphatic rings. The Labute approximate surface area is 206 Å². The molecule has 184 valence electrons. The van der Waals surface area contributed by atoms with Crippen molar-refractivity contribution in [2.75, 3.05) is 26.2 Å². The molecule has 1 atom stereocenters. The molecule has 1 heterocycles. The van der Waals surface area contributed by atoms with Crippen LogP contribution in [0.25, 0.3) is 0 Å². The zero-order valence-electron chi connectivity index (χ0n) is 20.3. The maximum Gasteiger partial charge on any atom is 0.410 e. The van der Waals surface area contributed by atoms with Gasteiger partial charge in [0.15, 0.2) is 0 Å². The van der Waals surface area contributed by atoms with Crippen molar-refractivity contribution in [3.05, 3.63) is 64.7 Å². The molecule has 1 fully saturated rings. The maximum atomic E-state index is 12.8. The highest BCUT2D eigenvalue weighted by molar-refractivity contribution is 6.32. The molecule has 0 radical (unpaired) electrons. The van der Waals surface area contributed by atoms with Gasteiger partial charge in [-0.3, -0.25) is 0 Å². The van der Waals surface area contributed by atoms with Crippen LogP contribution in [0.3, 0.4) is 0 Å². The second-order valence-corrected chi connectivity index (χ2v) is 9.79. The molecule has 0 bridgehead atoms. The summed E-state index contributed by atoms with van der Waals surface area (Å²) in [5.41, 5.74) is 1.35. The number of hydrogen-bond acceptors (Lipinski definition) is 5. The van der Waals surface area contributed by atoms with Crippen LogP contribution in [0.4, 0.5) is 9.59 Å². The number of hydrogen-bond donors (Lipinski definition) is 0. The number of halogens is 1. The van der Waals surface area contributed by atoms with Crippen molar-refractivity contribution in [2.24, 2.45) is 0 Å². The fraction of sp³-hybridized carbons (Fsp3) is 0.462. The SMILES string of the molecule is Cc1ccc(OCC[C@@H]2CN(C(=O)OCc3ccccc3)CCN2C(=O)OC(C)(C)C)c(Cl)c1. The molecule has 1 aliphatic heterocycles. The number of aryl methyl sites for hydroxylation is 1. The van der Waals surface area contributed by atoms with Crippen molar-refractivity contribution < 1.29 is 23.8 Å². The highest BCUT2D eigenvalue weighted by Crippen LogP contribution is 2.26. The van der Waals surface area contributed by atoms with Crippen LogP contribution in [-0.4, -0.2) is 59.9 Å². The van der Waals surface area contributed by atoms with E-state index in [2.05, 4.69) is 0 Å². The van der Waals surface area contributed by atoms with Gasteiger partial charge in [0.1, 0.15) is 18.0 Å². The molecule has 7 nitrogen and oxygen atoms in total. The summed E-state index contributed by atoms with van der Waals surface area (Å²) in [5.74, 6) is 0.589. The van der Waals surface area contributed by atoms with Gasteiger partial charge in [-0.2, -0.15) is 0 Å². The van der Waals surface area contributed by atoms with Crippen molar-refractivity contribution in [2.45, 2.75) is 52.4 Å². The summed E-state index contributed by atoms with van der Waals surface area (Å²) in [5, 5.41) is 0.541. The molecule has 8 heteroatoms. The average Bonchev–Trinajstić information content (AvgIpc) is 2.78. The molecule has 0 saturated carbocycles. The maximum absolute atomic E-state index is 12.8. The molecule has 0 aliphatic carbocycles. The van der Waals surface area contributed by atoms with Gasteiger partial charge in [0.25, 0.3) is 0 Å². The Morgan fingerprint density at radius 3 is 2.47 bits per heavy atom. The third-order valence-corrected chi connectivity index (χ3v) is 5.67. The Hall–Kier alpha value is -2.93. The van der Waals surface area contributed by atoms with E-state index in [1.807, 2.05) is 76.2 Å². The van der Waals surface area contributed by atoms with E-state index < -0.39 is 17.8 Å². The Morgan fingerprint density at radius 2 is 1.79 bits per heavy atom.